The number of alkyl halides is 1. The molecule has 0 fully saturated rings. The van der Waals surface area contributed by atoms with Crippen LogP contribution in [0.4, 0.5) is 16.2 Å². The number of rotatable bonds is 11. The van der Waals surface area contributed by atoms with Crippen LogP contribution in [0.1, 0.15) is 27.7 Å². The van der Waals surface area contributed by atoms with Gasteiger partial charge in [0.15, 0.2) is 19.8 Å². The van der Waals surface area contributed by atoms with Crippen molar-refractivity contribution < 1.29 is 18.2 Å². The van der Waals surface area contributed by atoms with E-state index in [9.17, 15) is 4.39 Å². The van der Waals surface area contributed by atoms with Crippen molar-refractivity contribution in [3.8, 4) is 0 Å². The Morgan fingerprint density at radius 1 is 1.29 bits per heavy atom. The minimum absolute atomic E-state index is 0.0145. The summed E-state index contributed by atoms with van der Waals surface area (Å²) in [5.41, 5.74) is 14.9. The molecule has 2 N–H and O–H groups in total. The number of halogens is 1. The van der Waals surface area contributed by atoms with E-state index in [1.807, 2.05) is 27.7 Å². The van der Waals surface area contributed by atoms with Gasteiger partial charge in [-0.15, -0.1) is 0 Å². The molecule has 1 unspecified atom stereocenters. The molecule has 2 rings (SSSR count). The van der Waals surface area contributed by atoms with Crippen molar-refractivity contribution in [1.29, 1.82) is 0 Å². The predicted molar refractivity (Wildman–Crippen MR) is 104 cm³/mol. The zero-order valence-electron chi connectivity index (χ0n) is 16.2. The maximum Gasteiger partial charge on any atom is 0.222 e. The molecule has 0 bridgehead atoms. The number of hydrogen-bond donors (Lipinski definition) is 1. The molecule has 0 aliphatic heterocycles. The molecule has 0 radical (unpaired) electrons. The SMILES string of the molecule is CC(C)OP(COC(CF)Cn1cnc2c(N=[N+]=[N-])nc(N)nc21)OC(C)C. The third kappa shape index (κ3) is 6.22. The quantitative estimate of drug-likeness (QED) is 0.254. The molecule has 0 aromatic carbocycles. The molecular formula is C15H24FN8O3P. The lowest BCUT2D eigenvalue weighted by Crippen LogP contribution is -2.23. The Hall–Kier alpha value is -2.10. The second-order valence-electron chi connectivity index (χ2n) is 6.38. The first-order valence-electron chi connectivity index (χ1n) is 8.66. The Kier molecular flexibility index (Phi) is 8.28. The van der Waals surface area contributed by atoms with Crippen LogP contribution in [-0.2, 0) is 20.3 Å². The maximum atomic E-state index is 13.5. The summed E-state index contributed by atoms with van der Waals surface area (Å²) < 4.78 is 32.2. The number of hydrogen-bond acceptors (Lipinski definition) is 8. The van der Waals surface area contributed by atoms with Crippen molar-refractivity contribution in [3.63, 3.8) is 0 Å². The Morgan fingerprint density at radius 3 is 2.54 bits per heavy atom. The molecule has 0 aliphatic carbocycles. The van der Waals surface area contributed by atoms with Crippen molar-refractivity contribution in [1.82, 2.24) is 19.5 Å². The molecular weight excluding hydrogens is 390 g/mol. The molecule has 11 nitrogen and oxygen atoms in total. The number of aromatic nitrogens is 4. The fraction of sp³-hybridized carbons (Fsp3) is 0.667. The Bertz CT molecular complexity index is 817. The number of nitrogen functional groups attached to an aromatic ring is 1. The molecule has 0 spiro atoms. The van der Waals surface area contributed by atoms with Gasteiger partial charge in [0, 0.05) is 4.91 Å². The van der Waals surface area contributed by atoms with Crippen molar-refractivity contribution in [2.45, 2.75) is 52.6 Å². The van der Waals surface area contributed by atoms with Crippen molar-refractivity contribution in [2.24, 2.45) is 5.11 Å². The van der Waals surface area contributed by atoms with E-state index in [1.165, 1.54) is 6.33 Å². The minimum atomic E-state index is -1.31. The Morgan fingerprint density at radius 2 is 1.96 bits per heavy atom. The summed E-state index contributed by atoms with van der Waals surface area (Å²) in [7, 11) is -1.31. The van der Waals surface area contributed by atoms with Gasteiger partial charge < -0.3 is 24.1 Å². The average molecular weight is 414 g/mol. The number of azide groups is 1. The Balaban J connectivity index is 2.12. The van der Waals surface area contributed by atoms with E-state index in [2.05, 4.69) is 25.0 Å². The summed E-state index contributed by atoms with van der Waals surface area (Å²) >= 11 is 0. The van der Waals surface area contributed by atoms with Gasteiger partial charge in [-0.3, -0.25) is 0 Å². The van der Waals surface area contributed by atoms with Crippen LogP contribution in [0.15, 0.2) is 11.4 Å². The smallest absolute Gasteiger partial charge is 0.222 e. The summed E-state index contributed by atoms with van der Waals surface area (Å²) in [5.74, 6) is -0.0609. The van der Waals surface area contributed by atoms with Crippen LogP contribution < -0.4 is 5.73 Å². The number of ether oxygens (including phenoxy) is 1. The monoisotopic (exact) mass is 414 g/mol. The molecule has 0 saturated heterocycles. The number of imidazole rings is 1. The molecule has 28 heavy (non-hydrogen) atoms. The van der Waals surface area contributed by atoms with Gasteiger partial charge in [-0.2, -0.15) is 4.98 Å². The van der Waals surface area contributed by atoms with Gasteiger partial charge in [0.25, 0.3) is 0 Å². The molecule has 2 heterocycles. The second kappa shape index (κ2) is 10.4. The first-order valence-corrected chi connectivity index (χ1v) is 10.0. The van der Waals surface area contributed by atoms with Crippen molar-refractivity contribution in [2.75, 3.05) is 18.8 Å². The van der Waals surface area contributed by atoms with E-state index in [1.54, 1.807) is 4.57 Å². The van der Waals surface area contributed by atoms with Gasteiger partial charge in [0.2, 0.25) is 5.95 Å². The summed E-state index contributed by atoms with van der Waals surface area (Å²) in [6.45, 7) is 6.99. The normalized spacial score (nSPS) is 12.9. The van der Waals surface area contributed by atoms with Gasteiger partial charge >= 0.3 is 0 Å². The van der Waals surface area contributed by atoms with Crippen LogP contribution in [0.2, 0.25) is 0 Å². The van der Waals surface area contributed by atoms with Crippen molar-refractivity contribution >= 4 is 31.3 Å². The molecule has 154 valence electrons. The molecule has 0 amide bonds. The first kappa shape index (κ1) is 22.2. The van der Waals surface area contributed by atoms with Gasteiger partial charge in [-0.05, 0) is 38.3 Å². The first-order chi connectivity index (χ1) is 13.3. The molecule has 13 heteroatoms. The lowest BCUT2D eigenvalue weighted by atomic mass is 10.4. The highest BCUT2D eigenvalue weighted by molar-refractivity contribution is 7.47. The summed E-state index contributed by atoms with van der Waals surface area (Å²) in [5, 5.41) is 3.46. The standard InChI is InChI=1S/C15H24FN8O3P/c1-9(2)26-28(27-10(3)4)8-25-11(5-16)6-24-7-19-12-13(22-23-18)20-15(17)21-14(12)24/h7,9-11H,5-6,8H2,1-4H3,(H2,17,20,21). The van der Waals surface area contributed by atoms with Gasteiger partial charge in [0.05, 0.1) is 25.1 Å². The third-order valence-electron chi connectivity index (χ3n) is 3.25. The number of fused-ring (bicyclic) bond motifs is 1. The zero-order chi connectivity index (χ0) is 20.7. The summed E-state index contributed by atoms with van der Waals surface area (Å²) in [6.07, 6.45) is 0.739. The molecule has 0 saturated carbocycles. The molecule has 0 aliphatic rings. The maximum absolute atomic E-state index is 13.5. The average Bonchev–Trinajstić information content (AvgIpc) is 3.00. The summed E-state index contributed by atoms with van der Waals surface area (Å²) in [4.78, 5) is 14.8. The van der Waals surface area contributed by atoms with E-state index in [4.69, 9.17) is 25.0 Å². The molecule has 1 atom stereocenters. The fourth-order valence-electron chi connectivity index (χ4n) is 2.28. The van der Waals surface area contributed by atoms with E-state index >= 15 is 0 Å². The van der Waals surface area contributed by atoms with Crippen LogP contribution in [-0.4, -0.2) is 50.9 Å². The zero-order valence-corrected chi connectivity index (χ0v) is 17.1. The fourth-order valence-corrected chi connectivity index (χ4v) is 3.72. The lowest BCUT2D eigenvalue weighted by molar-refractivity contribution is 0.0400. The van der Waals surface area contributed by atoms with Crippen LogP contribution in [0.25, 0.3) is 21.6 Å². The second-order valence-corrected chi connectivity index (χ2v) is 7.72. The van der Waals surface area contributed by atoms with Crippen molar-refractivity contribution in [3.05, 3.63) is 16.8 Å². The topological polar surface area (TPSA) is 146 Å². The highest BCUT2D eigenvalue weighted by Crippen LogP contribution is 2.41. The third-order valence-corrected chi connectivity index (χ3v) is 4.92. The van der Waals surface area contributed by atoms with E-state index < -0.39 is 21.2 Å². The van der Waals surface area contributed by atoms with Crippen LogP contribution in [0.5, 0.6) is 0 Å². The van der Waals surface area contributed by atoms with E-state index in [-0.39, 0.29) is 42.4 Å². The Labute approximate surface area is 162 Å². The molecule has 2 aromatic rings. The minimum Gasteiger partial charge on any atom is -0.368 e. The highest BCUT2D eigenvalue weighted by Gasteiger charge is 2.20. The van der Waals surface area contributed by atoms with Crippen LogP contribution in [0.3, 0.4) is 0 Å². The largest absolute Gasteiger partial charge is 0.368 e. The summed E-state index contributed by atoms with van der Waals surface area (Å²) in [6, 6.07) is 0. The van der Waals surface area contributed by atoms with Gasteiger partial charge in [0.1, 0.15) is 24.6 Å². The number of nitrogens with zero attached hydrogens (tertiary/aromatic N) is 7. The number of anilines is 1. The van der Waals surface area contributed by atoms with Crippen LogP contribution >= 0.6 is 8.38 Å². The van der Waals surface area contributed by atoms with Gasteiger partial charge in [-0.25, -0.2) is 14.4 Å². The van der Waals surface area contributed by atoms with E-state index in [0.717, 1.165) is 0 Å². The predicted octanol–water partition coefficient (Wildman–Crippen LogP) is 3.82. The highest BCUT2D eigenvalue weighted by atomic mass is 31.2. The van der Waals surface area contributed by atoms with Crippen LogP contribution in [0, 0.1) is 0 Å². The number of nitrogens with two attached hydrogens (primary N) is 1. The van der Waals surface area contributed by atoms with E-state index in [0.29, 0.717) is 5.65 Å². The lowest BCUT2D eigenvalue weighted by Gasteiger charge is -2.24. The molecule has 2 aromatic heterocycles. The van der Waals surface area contributed by atoms with Gasteiger partial charge in [-0.1, -0.05) is 0 Å².